The summed E-state index contributed by atoms with van der Waals surface area (Å²) in [4.78, 5) is 22.3. The van der Waals surface area contributed by atoms with E-state index < -0.39 is 0 Å². The molecule has 0 radical (unpaired) electrons. The van der Waals surface area contributed by atoms with Crippen molar-refractivity contribution in [3.63, 3.8) is 0 Å². The Morgan fingerprint density at radius 2 is 2.05 bits per heavy atom. The normalized spacial score (nSPS) is 9.79. The van der Waals surface area contributed by atoms with Gasteiger partial charge in [-0.2, -0.15) is 0 Å². The number of carbonyl (C=O) groups excluding carboxylic acids is 2. The minimum Gasteiger partial charge on any atom is -0.494 e. The number of amides is 2. The molecule has 0 unspecified atom stereocenters. The van der Waals surface area contributed by atoms with E-state index in [-0.39, 0.29) is 18.4 Å². The molecule has 1 aromatic rings. The number of hydrogen-bond acceptors (Lipinski definition) is 3. The molecule has 0 bridgehead atoms. The van der Waals surface area contributed by atoms with Crippen LogP contribution in [0.4, 0.5) is 0 Å². The molecule has 0 fully saturated rings. The van der Waals surface area contributed by atoms with Gasteiger partial charge in [0.1, 0.15) is 5.75 Å². The fourth-order valence-electron chi connectivity index (χ4n) is 1.48. The second-order valence-electron chi connectivity index (χ2n) is 4.22. The molecule has 5 heteroatoms. The first-order valence-electron chi connectivity index (χ1n) is 6.28. The van der Waals surface area contributed by atoms with Crippen molar-refractivity contribution in [3.8, 4) is 5.75 Å². The van der Waals surface area contributed by atoms with Crippen LogP contribution in [-0.2, 0) is 9.59 Å². The fourth-order valence-corrected chi connectivity index (χ4v) is 1.48. The van der Waals surface area contributed by atoms with Crippen molar-refractivity contribution < 1.29 is 14.3 Å². The quantitative estimate of drug-likeness (QED) is 0.722. The van der Waals surface area contributed by atoms with Crippen molar-refractivity contribution in [2.75, 3.05) is 20.2 Å². The van der Waals surface area contributed by atoms with Crippen molar-refractivity contribution in [1.29, 1.82) is 0 Å². The van der Waals surface area contributed by atoms with E-state index in [2.05, 4.69) is 10.6 Å². The number of ether oxygens (including phenoxy) is 1. The monoisotopic (exact) mass is 264 g/mol. The van der Waals surface area contributed by atoms with Crippen LogP contribution in [0.1, 0.15) is 18.4 Å². The van der Waals surface area contributed by atoms with Crippen LogP contribution in [0.25, 0.3) is 0 Å². The molecule has 2 N–H and O–H groups in total. The average molecular weight is 264 g/mol. The first kappa shape index (κ1) is 15.0. The van der Waals surface area contributed by atoms with Crippen molar-refractivity contribution in [3.05, 3.63) is 29.8 Å². The lowest BCUT2D eigenvalue weighted by molar-refractivity contribution is -0.126. The standard InChI is InChI=1S/C14H20N2O3/c1-11-5-3-6-12(9-11)19-8-4-7-13(17)16-10-14(18)15-2/h3,5-6,9H,4,7-8,10H2,1-2H3,(H,15,18)(H,16,17). The van der Waals surface area contributed by atoms with Crippen LogP contribution in [-0.4, -0.2) is 32.0 Å². The molecule has 0 aliphatic heterocycles. The second kappa shape index (κ2) is 8.13. The van der Waals surface area contributed by atoms with Gasteiger partial charge in [0.25, 0.3) is 0 Å². The van der Waals surface area contributed by atoms with Gasteiger partial charge in [0.15, 0.2) is 0 Å². The zero-order valence-corrected chi connectivity index (χ0v) is 11.4. The van der Waals surface area contributed by atoms with Crippen LogP contribution < -0.4 is 15.4 Å². The van der Waals surface area contributed by atoms with Gasteiger partial charge in [0, 0.05) is 13.5 Å². The lowest BCUT2D eigenvalue weighted by Crippen LogP contribution is -2.35. The van der Waals surface area contributed by atoms with E-state index in [9.17, 15) is 9.59 Å². The minimum absolute atomic E-state index is 0.0219. The molecule has 0 heterocycles. The third kappa shape index (κ3) is 6.45. The molecule has 1 rings (SSSR count). The van der Waals surface area contributed by atoms with E-state index in [0.29, 0.717) is 19.4 Å². The van der Waals surface area contributed by atoms with Crippen LogP contribution in [0.3, 0.4) is 0 Å². The molecule has 1 aromatic carbocycles. The number of aryl methyl sites for hydroxylation is 1. The van der Waals surface area contributed by atoms with Gasteiger partial charge < -0.3 is 15.4 Å². The third-order valence-corrected chi connectivity index (χ3v) is 2.53. The van der Waals surface area contributed by atoms with E-state index in [0.717, 1.165) is 11.3 Å². The second-order valence-corrected chi connectivity index (χ2v) is 4.22. The SMILES string of the molecule is CNC(=O)CNC(=O)CCCOc1cccc(C)c1. The lowest BCUT2D eigenvalue weighted by Gasteiger charge is -2.07. The van der Waals surface area contributed by atoms with Crippen molar-refractivity contribution in [2.45, 2.75) is 19.8 Å². The van der Waals surface area contributed by atoms with Gasteiger partial charge in [-0.05, 0) is 31.0 Å². The van der Waals surface area contributed by atoms with Gasteiger partial charge >= 0.3 is 0 Å². The number of likely N-dealkylation sites (N-methyl/N-ethyl adjacent to an activating group) is 1. The Balaban J connectivity index is 2.13. The van der Waals surface area contributed by atoms with Gasteiger partial charge in [0.05, 0.1) is 13.2 Å². The molecule has 0 atom stereocenters. The first-order valence-corrected chi connectivity index (χ1v) is 6.28. The highest BCUT2D eigenvalue weighted by Crippen LogP contribution is 2.12. The Morgan fingerprint density at radius 1 is 1.26 bits per heavy atom. The number of carbonyl (C=O) groups is 2. The molecule has 0 aromatic heterocycles. The van der Waals surface area contributed by atoms with E-state index in [1.54, 1.807) is 0 Å². The molecule has 0 aliphatic carbocycles. The largest absolute Gasteiger partial charge is 0.494 e. The molecule has 5 nitrogen and oxygen atoms in total. The van der Waals surface area contributed by atoms with Crippen molar-refractivity contribution >= 4 is 11.8 Å². The van der Waals surface area contributed by atoms with Gasteiger partial charge in [-0.15, -0.1) is 0 Å². The molecular weight excluding hydrogens is 244 g/mol. The number of hydrogen-bond donors (Lipinski definition) is 2. The summed E-state index contributed by atoms with van der Waals surface area (Å²) in [5.74, 6) is 0.464. The Labute approximate surface area is 113 Å². The predicted octanol–water partition coefficient (Wildman–Crippen LogP) is 1.02. The maximum absolute atomic E-state index is 11.4. The topological polar surface area (TPSA) is 67.4 Å². The molecule has 19 heavy (non-hydrogen) atoms. The zero-order chi connectivity index (χ0) is 14.1. The van der Waals surface area contributed by atoms with Crippen LogP contribution in [0.15, 0.2) is 24.3 Å². The summed E-state index contributed by atoms with van der Waals surface area (Å²) >= 11 is 0. The predicted molar refractivity (Wildman–Crippen MR) is 73.0 cm³/mol. The van der Waals surface area contributed by atoms with Gasteiger partial charge in [-0.25, -0.2) is 0 Å². The molecule has 0 aliphatic rings. The van der Waals surface area contributed by atoms with E-state index in [1.165, 1.54) is 7.05 Å². The molecule has 0 saturated heterocycles. The lowest BCUT2D eigenvalue weighted by atomic mass is 10.2. The maximum Gasteiger partial charge on any atom is 0.239 e. The molecule has 0 spiro atoms. The Kier molecular flexibility index (Phi) is 6.43. The summed E-state index contributed by atoms with van der Waals surface area (Å²) < 4.78 is 5.52. The average Bonchev–Trinajstić information content (AvgIpc) is 2.41. The Bertz CT molecular complexity index is 432. The number of benzene rings is 1. The van der Waals surface area contributed by atoms with Gasteiger partial charge in [-0.3, -0.25) is 9.59 Å². The number of nitrogens with one attached hydrogen (secondary N) is 2. The third-order valence-electron chi connectivity index (χ3n) is 2.53. The molecule has 0 saturated carbocycles. The summed E-state index contributed by atoms with van der Waals surface area (Å²) in [5.41, 5.74) is 1.14. The summed E-state index contributed by atoms with van der Waals surface area (Å²) in [6.45, 7) is 2.50. The van der Waals surface area contributed by atoms with Crippen molar-refractivity contribution in [1.82, 2.24) is 10.6 Å². The zero-order valence-electron chi connectivity index (χ0n) is 11.4. The van der Waals surface area contributed by atoms with Crippen molar-refractivity contribution in [2.24, 2.45) is 0 Å². The van der Waals surface area contributed by atoms with Crippen LogP contribution in [0, 0.1) is 6.92 Å². The van der Waals surface area contributed by atoms with Crippen LogP contribution in [0.2, 0.25) is 0 Å². The summed E-state index contributed by atoms with van der Waals surface area (Å²) in [6, 6.07) is 7.77. The van der Waals surface area contributed by atoms with E-state index in [1.807, 2.05) is 31.2 Å². The highest BCUT2D eigenvalue weighted by Gasteiger charge is 2.03. The van der Waals surface area contributed by atoms with E-state index in [4.69, 9.17) is 4.74 Å². The first-order chi connectivity index (χ1) is 9.11. The minimum atomic E-state index is -0.204. The fraction of sp³-hybridized carbons (Fsp3) is 0.429. The van der Waals surface area contributed by atoms with Gasteiger partial charge in [0.2, 0.25) is 11.8 Å². The van der Waals surface area contributed by atoms with Gasteiger partial charge in [-0.1, -0.05) is 12.1 Å². The molecule has 104 valence electrons. The van der Waals surface area contributed by atoms with Crippen LogP contribution >= 0.6 is 0 Å². The Hall–Kier alpha value is -2.04. The molecule has 2 amide bonds. The summed E-state index contributed by atoms with van der Waals surface area (Å²) in [5, 5.41) is 4.97. The molecular formula is C14H20N2O3. The smallest absolute Gasteiger partial charge is 0.239 e. The maximum atomic E-state index is 11.4. The van der Waals surface area contributed by atoms with Crippen LogP contribution in [0.5, 0.6) is 5.75 Å². The van der Waals surface area contributed by atoms with E-state index >= 15 is 0 Å². The Morgan fingerprint density at radius 3 is 2.74 bits per heavy atom. The highest BCUT2D eigenvalue weighted by atomic mass is 16.5. The highest BCUT2D eigenvalue weighted by molar-refractivity contribution is 5.84. The number of rotatable bonds is 7. The summed E-state index contributed by atoms with van der Waals surface area (Å²) in [7, 11) is 1.53. The summed E-state index contributed by atoms with van der Waals surface area (Å²) in [6.07, 6.45) is 0.969.